The fourth-order valence-electron chi connectivity index (χ4n) is 2.52. The SMILES string of the molecule is Cc1ccc([C@@H]2CC(=O)[C@@H](C)CN2C(=O)OC(C)(C)C)cn1. The Morgan fingerprint density at radius 2 is 2.05 bits per heavy atom. The highest BCUT2D eigenvalue weighted by molar-refractivity contribution is 5.84. The number of amides is 1. The number of rotatable bonds is 1. The Labute approximate surface area is 131 Å². The van der Waals surface area contributed by atoms with Gasteiger partial charge in [0.05, 0.1) is 6.04 Å². The Bertz CT molecular complexity index is 560. The number of ketones is 1. The van der Waals surface area contributed by atoms with Gasteiger partial charge in [-0.3, -0.25) is 14.7 Å². The van der Waals surface area contributed by atoms with Gasteiger partial charge in [0.1, 0.15) is 11.4 Å². The van der Waals surface area contributed by atoms with Gasteiger partial charge in [-0.15, -0.1) is 0 Å². The molecule has 1 fully saturated rings. The number of carbonyl (C=O) groups is 2. The molecule has 0 bridgehead atoms. The number of ether oxygens (including phenoxy) is 1. The first-order valence-electron chi connectivity index (χ1n) is 7.62. The normalized spacial score (nSPS) is 22.6. The van der Waals surface area contributed by atoms with E-state index < -0.39 is 5.60 Å². The van der Waals surface area contributed by atoms with E-state index in [0.717, 1.165) is 11.3 Å². The van der Waals surface area contributed by atoms with Gasteiger partial charge in [-0.1, -0.05) is 13.0 Å². The molecule has 1 saturated heterocycles. The predicted octanol–water partition coefficient (Wildman–Crippen LogP) is 3.28. The number of hydrogen-bond acceptors (Lipinski definition) is 4. The van der Waals surface area contributed by atoms with Gasteiger partial charge >= 0.3 is 6.09 Å². The maximum Gasteiger partial charge on any atom is 0.410 e. The summed E-state index contributed by atoms with van der Waals surface area (Å²) < 4.78 is 5.49. The standard InChI is InChI=1S/C17H24N2O3/c1-11-10-19(16(21)22-17(3,4)5)14(8-15(11)20)13-7-6-12(2)18-9-13/h6-7,9,11,14H,8,10H2,1-5H3/t11-,14-/m0/s1. The van der Waals surface area contributed by atoms with Crippen molar-refractivity contribution in [2.75, 3.05) is 6.54 Å². The molecule has 1 aliphatic heterocycles. The quantitative estimate of drug-likeness (QED) is 0.799. The molecule has 1 aromatic heterocycles. The average molecular weight is 304 g/mol. The lowest BCUT2D eigenvalue weighted by Gasteiger charge is -2.38. The number of piperidine rings is 1. The zero-order valence-corrected chi connectivity index (χ0v) is 13.9. The smallest absolute Gasteiger partial charge is 0.410 e. The summed E-state index contributed by atoms with van der Waals surface area (Å²) in [6.07, 6.45) is 1.67. The van der Waals surface area contributed by atoms with Gasteiger partial charge in [-0.2, -0.15) is 0 Å². The van der Waals surface area contributed by atoms with Crippen LogP contribution in [0.2, 0.25) is 0 Å². The number of pyridine rings is 1. The van der Waals surface area contributed by atoms with Crippen molar-refractivity contribution in [3.63, 3.8) is 0 Å². The molecule has 0 N–H and O–H groups in total. The van der Waals surface area contributed by atoms with E-state index in [1.807, 2.05) is 46.8 Å². The zero-order chi connectivity index (χ0) is 16.5. The van der Waals surface area contributed by atoms with Crippen LogP contribution in [0.25, 0.3) is 0 Å². The fraction of sp³-hybridized carbons (Fsp3) is 0.588. The van der Waals surface area contributed by atoms with Crippen molar-refractivity contribution in [2.24, 2.45) is 5.92 Å². The minimum Gasteiger partial charge on any atom is -0.444 e. The number of carbonyl (C=O) groups excluding carboxylic acids is 2. The molecular formula is C17H24N2O3. The summed E-state index contributed by atoms with van der Waals surface area (Å²) in [6, 6.07) is 3.52. The van der Waals surface area contributed by atoms with Crippen LogP contribution in [-0.4, -0.2) is 33.9 Å². The molecule has 5 heteroatoms. The van der Waals surface area contributed by atoms with Gasteiger partial charge in [0.25, 0.3) is 0 Å². The Kier molecular flexibility index (Phi) is 4.54. The minimum absolute atomic E-state index is 0.165. The van der Waals surface area contributed by atoms with Gasteiger partial charge < -0.3 is 4.74 Å². The zero-order valence-electron chi connectivity index (χ0n) is 13.9. The molecule has 2 rings (SSSR count). The summed E-state index contributed by atoms with van der Waals surface area (Å²) in [6.45, 7) is 9.66. The lowest BCUT2D eigenvalue weighted by Crippen LogP contribution is -2.47. The molecule has 0 spiro atoms. The van der Waals surface area contributed by atoms with Crippen LogP contribution >= 0.6 is 0 Å². The topological polar surface area (TPSA) is 59.5 Å². The third-order valence-electron chi connectivity index (χ3n) is 3.74. The average Bonchev–Trinajstić information content (AvgIpc) is 2.40. The van der Waals surface area contributed by atoms with Crippen LogP contribution < -0.4 is 0 Å². The third-order valence-corrected chi connectivity index (χ3v) is 3.74. The van der Waals surface area contributed by atoms with Crippen molar-refractivity contribution in [3.8, 4) is 0 Å². The highest BCUT2D eigenvalue weighted by Crippen LogP contribution is 2.32. The number of aryl methyl sites for hydroxylation is 1. The van der Waals surface area contributed by atoms with E-state index in [-0.39, 0.29) is 23.8 Å². The number of nitrogens with zero attached hydrogens (tertiary/aromatic N) is 2. The first-order chi connectivity index (χ1) is 10.2. The summed E-state index contributed by atoms with van der Waals surface area (Å²) in [7, 11) is 0. The van der Waals surface area contributed by atoms with E-state index in [9.17, 15) is 9.59 Å². The Balaban J connectivity index is 2.28. The maximum atomic E-state index is 12.5. The van der Waals surface area contributed by atoms with E-state index in [4.69, 9.17) is 4.74 Å². The van der Waals surface area contributed by atoms with Crippen molar-refractivity contribution < 1.29 is 14.3 Å². The van der Waals surface area contributed by atoms with Gasteiger partial charge in [0.15, 0.2) is 0 Å². The van der Waals surface area contributed by atoms with Crippen LogP contribution in [0, 0.1) is 12.8 Å². The second kappa shape index (κ2) is 6.07. The minimum atomic E-state index is -0.558. The van der Waals surface area contributed by atoms with Crippen molar-refractivity contribution >= 4 is 11.9 Å². The number of hydrogen-bond donors (Lipinski definition) is 0. The van der Waals surface area contributed by atoms with Crippen molar-refractivity contribution in [2.45, 2.75) is 52.7 Å². The molecule has 0 unspecified atom stereocenters. The molecule has 0 saturated carbocycles. The first-order valence-corrected chi connectivity index (χ1v) is 7.62. The van der Waals surface area contributed by atoms with Gasteiger partial charge in [-0.25, -0.2) is 4.79 Å². The molecule has 1 aliphatic rings. The van der Waals surface area contributed by atoms with Crippen LogP contribution in [-0.2, 0) is 9.53 Å². The second-order valence-electron chi connectivity index (χ2n) is 6.95. The molecule has 1 aromatic rings. The lowest BCUT2D eigenvalue weighted by molar-refractivity contribution is -0.127. The van der Waals surface area contributed by atoms with Crippen molar-refractivity contribution in [1.29, 1.82) is 0 Å². The highest BCUT2D eigenvalue weighted by Gasteiger charge is 2.37. The number of aromatic nitrogens is 1. The molecular weight excluding hydrogens is 280 g/mol. The molecule has 0 aliphatic carbocycles. The summed E-state index contributed by atoms with van der Waals surface area (Å²) >= 11 is 0. The summed E-state index contributed by atoms with van der Waals surface area (Å²) in [4.78, 5) is 30.5. The Hall–Kier alpha value is -1.91. The lowest BCUT2D eigenvalue weighted by atomic mass is 9.89. The van der Waals surface area contributed by atoms with Gasteiger partial charge in [-0.05, 0) is 39.3 Å². The monoisotopic (exact) mass is 304 g/mol. The fourth-order valence-corrected chi connectivity index (χ4v) is 2.52. The Morgan fingerprint density at radius 1 is 1.36 bits per heavy atom. The molecule has 22 heavy (non-hydrogen) atoms. The highest BCUT2D eigenvalue weighted by atomic mass is 16.6. The number of Topliss-reactive ketones (excluding diaryl/α,β-unsaturated/α-hetero) is 1. The van der Waals surface area contributed by atoms with Crippen LogP contribution in [0.4, 0.5) is 4.79 Å². The van der Waals surface area contributed by atoms with Crippen molar-refractivity contribution in [1.82, 2.24) is 9.88 Å². The van der Waals surface area contributed by atoms with Crippen LogP contribution in [0.5, 0.6) is 0 Å². The van der Waals surface area contributed by atoms with E-state index in [0.29, 0.717) is 13.0 Å². The summed E-state index contributed by atoms with van der Waals surface area (Å²) in [5.74, 6) is 0.00700. The van der Waals surface area contributed by atoms with Crippen LogP contribution in [0.15, 0.2) is 18.3 Å². The number of likely N-dealkylation sites (tertiary alicyclic amines) is 1. The van der Waals surface area contributed by atoms with E-state index >= 15 is 0 Å². The molecule has 0 radical (unpaired) electrons. The third kappa shape index (κ3) is 3.84. The molecule has 2 atom stereocenters. The molecule has 2 heterocycles. The summed E-state index contributed by atoms with van der Waals surface area (Å²) in [5, 5.41) is 0. The maximum absolute atomic E-state index is 12.5. The Morgan fingerprint density at radius 3 is 2.59 bits per heavy atom. The van der Waals surface area contributed by atoms with E-state index in [2.05, 4.69) is 4.98 Å². The van der Waals surface area contributed by atoms with E-state index in [1.165, 1.54) is 0 Å². The van der Waals surface area contributed by atoms with Gasteiger partial charge in [0, 0.05) is 30.8 Å². The summed E-state index contributed by atoms with van der Waals surface area (Å²) in [5.41, 5.74) is 1.22. The predicted molar refractivity (Wildman–Crippen MR) is 83.4 cm³/mol. The van der Waals surface area contributed by atoms with Crippen LogP contribution in [0.1, 0.15) is 51.4 Å². The van der Waals surface area contributed by atoms with Gasteiger partial charge in [0.2, 0.25) is 0 Å². The largest absolute Gasteiger partial charge is 0.444 e. The van der Waals surface area contributed by atoms with Crippen LogP contribution in [0.3, 0.4) is 0 Å². The molecule has 1 amide bonds. The van der Waals surface area contributed by atoms with E-state index in [1.54, 1.807) is 11.1 Å². The molecule has 5 nitrogen and oxygen atoms in total. The first kappa shape index (κ1) is 16.5. The second-order valence-corrected chi connectivity index (χ2v) is 6.95. The van der Waals surface area contributed by atoms with Crippen molar-refractivity contribution in [3.05, 3.63) is 29.6 Å². The molecule has 120 valence electrons. The molecule has 0 aromatic carbocycles.